The van der Waals surface area contributed by atoms with Crippen molar-refractivity contribution in [2.24, 2.45) is 11.8 Å². The van der Waals surface area contributed by atoms with Crippen molar-refractivity contribution < 1.29 is 23.4 Å². The Kier molecular flexibility index (Phi) is 4.12. The summed E-state index contributed by atoms with van der Waals surface area (Å²) in [5.74, 6) is 0.789. The van der Waals surface area contributed by atoms with E-state index in [9.17, 15) is 4.79 Å². The largest absolute Gasteiger partial charge is 0.466 e. The van der Waals surface area contributed by atoms with Crippen LogP contribution in [0.3, 0.4) is 0 Å². The fraction of sp³-hybridized carbons (Fsp3) is 0.571. The summed E-state index contributed by atoms with van der Waals surface area (Å²) in [6, 6.07) is 1.99. The summed E-state index contributed by atoms with van der Waals surface area (Å²) < 4.78 is 22.6. The number of hydrogen-bond donors (Lipinski definition) is 0. The summed E-state index contributed by atoms with van der Waals surface area (Å²) in [6.45, 7) is 5.83. The van der Waals surface area contributed by atoms with E-state index >= 15 is 0 Å². The number of hydrogen-bond acceptors (Lipinski definition) is 5. The van der Waals surface area contributed by atoms with Crippen molar-refractivity contribution in [3.05, 3.63) is 39.9 Å². The Morgan fingerprint density at radius 2 is 1.69 bits per heavy atom. The first-order valence-corrected chi connectivity index (χ1v) is 9.28. The predicted molar refractivity (Wildman–Crippen MR) is 96.1 cm³/mol. The molecule has 3 aliphatic rings. The Bertz CT molecular complexity index is 799. The first-order valence-electron chi connectivity index (χ1n) is 9.28. The molecule has 5 nitrogen and oxygen atoms in total. The molecule has 0 spiro atoms. The number of ether oxygens (including phenoxy) is 3. The molecule has 0 radical (unpaired) electrons. The van der Waals surface area contributed by atoms with Crippen molar-refractivity contribution in [3.63, 3.8) is 0 Å². The maximum atomic E-state index is 13.0. The zero-order chi connectivity index (χ0) is 18.6. The molecule has 0 bridgehead atoms. The third-order valence-electron chi connectivity index (χ3n) is 5.67. The van der Waals surface area contributed by atoms with Gasteiger partial charge in [-0.05, 0) is 75.5 Å². The first-order chi connectivity index (χ1) is 12.4. The van der Waals surface area contributed by atoms with Gasteiger partial charge in [0.15, 0.2) is 0 Å². The lowest BCUT2D eigenvalue weighted by Gasteiger charge is -2.26. The van der Waals surface area contributed by atoms with E-state index in [2.05, 4.69) is 0 Å². The SMILES string of the molecule is COC1(OC)OC(=O)C(=C(C2CC2)C2CC2)/C1=C(\C)c1cc(C)oc1C. The van der Waals surface area contributed by atoms with Crippen molar-refractivity contribution in [1.82, 2.24) is 0 Å². The second kappa shape index (κ2) is 6.10. The van der Waals surface area contributed by atoms with Gasteiger partial charge in [0.2, 0.25) is 0 Å². The Labute approximate surface area is 154 Å². The fourth-order valence-corrected chi connectivity index (χ4v) is 4.20. The van der Waals surface area contributed by atoms with Crippen molar-refractivity contribution in [1.29, 1.82) is 0 Å². The zero-order valence-corrected chi connectivity index (χ0v) is 16.1. The highest BCUT2D eigenvalue weighted by Crippen LogP contribution is 2.55. The smallest absolute Gasteiger partial charge is 0.359 e. The van der Waals surface area contributed by atoms with E-state index in [1.165, 1.54) is 19.8 Å². The summed E-state index contributed by atoms with van der Waals surface area (Å²) in [5, 5.41) is 0. The average Bonchev–Trinajstić information content (AvgIpc) is 3.52. The van der Waals surface area contributed by atoms with Gasteiger partial charge in [0.1, 0.15) is 11.5 Å². The Balaban J connectivity index is 1.98. The molecule has 2 aliphatic carbocycles. The average molecular weight is 358 g/mol. The van der Waals surface area contributed by atoms with Crippen LogP contribution in [0.15, 0.2) is 27.2 Å². The van der Waals surface area contributed by atoms with Gasteiger partial charge in [0, 0.05) is 19.8 Å². The van der Waals surface area contributed by atoms with Gasteiger partial charge in [0.25, 0.3) is 0 Å². The number of rotatable bonds is 5. The van der Waals surface area contributed by atoms with Gasteiger partial charge in [-0.15, -0.1) is 0 Å². The molecule has 140 valence electrons. The minimum atomic E-state index is -1.50. The highest BCUT2D eigenvalue weighted by molar-refractivity contribution is 6.02. The van der Waals surface area contributed by atoms with Crippen molar-refractivity contribution >= 4 is 11.5 Å². The van der Waals surface area contributed by atoms with E-state index in [1.54, 1.807) is 0 Å². The minimum absolute atomic E-state index is 0.338. The van der Waals surface area contributed by atoms with E-state index in [4.69, 9.17) is 18.6 Å². The molecule has 3 fully saturated rings. The Morgan fingerprint density at radius 3 is 2.12 bits per heavy atom. The number of cyclic esters (lactones) is 1. The van der Waals surface area contributed by atoms with Crippen LogP contribution in [0.25, 0.3) is 5.57 Å². The number of aryl methyl sites for hydroxylation is 2. The number of furan rings is 1. The monoisotopic (exact) mass is 358 g/mol. The molecule has 0 amide bonds. The minimum Gasteiger partial charge on any atom is -0.466 e. The van der Waals surface area contributed by atoms with Crippen LogP contribution in [0.4, 0.5) is 0 Å². The quantitative estimate of drug-likeness (QED) is 0.446. The molecule has 1 aliphatic heterocycles. The van der Waals surface area contributed by atoms with Crippen LogP contribution in [0, 0.1) is 25.7 Å². The Morgan fingerprint density at radius 1 is 1.12 bits per heavy atom. The van der Waals surface area contributed by atoms with E-state index in [-0.39, 0.29) is 5.97 Å². The third kappa shape index (κ3) is 2.65. The van der Waals surface area contributed by atoms with Crippen molar-refractivity contribution in [3.8, 4) is 0 Å². The molecule has 0 N–H and O–H groups in total. The highest BCUT2D eigenvalue weighted by Gasteiger charge is 2.55. The molecule has 26 heavy (non-hydrogen) atoms. The number of allylic oxidation sites excluding steroid dienone is 2. The van der Waals surface area contributed by atoms with E-state index in [0.717, 1.165) is 48.3 Å². The van der Waals surface area contributed by atoms with Crippen LogP contribution in [0.5, 0.6) is 0 Å². The van der Waals surface area contributed by atoms with Gasteiger partial charge in [0.05, 0.1) is 11.1 Å². The van der Waals surface area contributed by atoms with E-state index < -0.39 is 5.97 Å². The summed E-state index contributed by atoms with van der Waals surface area (Å²) in [6.07, 6.45) is 4.58. The Hall–Kier alpha value is -1.85. The second-order valence-corrected chi connectivity index (χ2v) is 7.56. The second-order valence-electron chi connectivity index (χ2n) is 7.56. The molecule has 2 saturated carbocycles. The summed E-state index contributed by atoms with van der Waals surface area (Å²) in [5.41, 5.74) is 4.48. The van der Waals surface area contributed by atoms with Gasteiger partial charge in [-0.3, -0.25) is 0 Å². The summed E-state index contributed by atoms with van der Waals surface area (Å²) in [4.78, 5) is 13.0. The van der Waals surface area contributed by atoms with Crippen LogP contribution in [-0.2, 0) is 19.0 Å². The molecule has 0 aromatic carbocycles. The normalized spacial score (nSPS) is 24.0. The summed E-state index contributed by atoms with van der Waals surface area (Å²) in [7, 11) is 3.02. The van der Waals surface area contributed by atoms with Crippen LogP contribution >= 0.6 is 0 Å². The van der Waals surface area contributed by atoms with Gasteiger partial charge < -0.3 is 18.6 Å². The van der Waals surface area contributed by atoms with Gasteiger partial charge >= 0.3 is 11.9 Å². The van der Waals surface area contributed by atoms with Crippen molar-refractivity contribution in [2.45, 2.75) is 52.4 Å². The molecule has 2 heterocycles. The van der Waals surface area contributed by atoms with Crippen LogP contribution in [0.2, 0.25) is 0 Å². The predicted octanol–water partition coefficient (Wildman–Crippen LogP) is 4.29. The molecular formula is C21H26O5. The number of carbonyl (C=O) groups is 1. The molecular weight excluding hydrogens is 332 g/mol. The standard InChI is InChI=1S/C21H26O5/c1-11-10-16(13(3)25-11)12(2)19-18(17(14-6-7-14)15-8-9-15)20(22)26-21(19,23-4)24-5/h10,14-15H,6-9H2,1-5H3/b19-12-. The van der Waals surface area contributed by atoms with Gasteiger partial charge in [-0.2, -0.15) is 0 Å². The summed E-state index contributed by atoms with van der Waals surface area (Å²) >= 11 is 0. The maximum absolute atomic E-state index is 13.0. The van der Waals surface area contributed by atoms with Gasteiger partial charge in [-0.1, -0.05) is 0 Å². The molecule has 1 saturated heterocycles. The van der Waals surface area contributed by atoms with Crippen molar-refractivity contribution in [2.75, 3.05) is 14.2 Å². The maximum Gasteiger partial charge on any atom is 0.359 e. The number of methoxy groups -OCH3 is 2. The lowest BCUT2D eigenvalue weighted by atomic mass is 9.89. The van der Waals surface area contributed by atoms with Crippen LogP contribution in [0.1, 0.15) is 49.7 Å². The van der Waals surface area contributed by atoms with Crippen LogP contribution in [-0.4, -0.2) is 26.2 Å². The first kappa shape index (κ1) is 17.6. The topological polar surface area (TPSA) is 57.9 Å². The lowest BCUT2D eigenvalue weighted by molar-refractivity contribution is -0.306. The molecule has 5 heteroatoms. The zero-order valence-electron chi connectivity index (χ0n) is 16.1. The fourth-order valence-electron chi connectivity index (χ4n) is 4.20. The van der Waals surface area contributed by atoms with Gasteiger partial charge in [-0.25, -0.2) is 4.79 Å². The van der Waals surface area contributed by atoms with E-state index in [0.29, 0.717) is 23.0 Å². The van der Waals surface area contributed by atoms with Crippen LogP contribution < -0.4 is 0 Å². The van der Waals surface area contributed by atoms with E-state index in [1.807, 2.05) is 26.8 Å². The molecule has 0 unspecified atom stereocenters. The highest BCUT2D eigenvalue weighted by atomic mass is 16.9. The molecule has 4 rings (SSSR count). The third-order valence-corrected chi connectivity index (χ3v) is 5.67. The lowest BCUT2D eigenvalue weighted by Crippen LogP contribution is -2.35. The molecule has 1 aromatic heterocycles. The molecule has 0 atom stereocenters. The number of esters is 1. The number of carbonyl (C=O) groups excluding carboxylic acids is 1. The molecule has 1 aromatic rings.